The maximum Gasteiger partial charge on any atom is 0.144 e. The molecule has 1 aliphatic heterocycles. The molecule has 0 aromatic heterocycles. The van der Waals surface area contributed by atoms with Crippen LogP contribution in [-0.4, -0.2) is 38.6 Å². The van der Waals surface area contributed by atoms with Crippen LogP contribution in [0.5, 0.6) is 5.75 Å². The Balaban J connectivity index is 2.02. The molecular weight excluding hydrogens is 256 g/mol. The highest BCUT2D eigenvalue weighted by molar-refractivity contribution is 5.61. The van der Waals surface area contributed by atoms with Gasteiger partial charge in [-0.3, -0.25) is 0 Å². The Morgan fingerprint density at radius 3 is 2.85 bits per heavy atom. The van der Waals surface area contributed by atoms with Crippen molar-refractivity contribution in [2.45, 2.75) is 32.0 Å². The predicted octanol–water partition coefficient (Wildman–Crippen LogP) is 2.27. The second-order valence-electron chi connectivity index (χ2n) is 5.46. The average Bonchev–Trinajstić information content (AvgIpc) is 2.89. The highest BCUT2D eigenvalue weighted by Crippen LogP contribution is 2.28. The second-order valence-corrected chi connectivity index (χ2v) is 5.46. The monoisotopic (exact) mass is 280 g/mol. The van der Waals surface area contributed by atoms with Crippen molar-refractivity contribution in [2.75, 3.05) is 37.9 Å². The van der Waals surface area contributed by atoms with Crippen molar-refractivity contribution in [2.24, 2.45) is 0 Å². The first-order valence-corrected chi connectivity index (χ1v) is 6.98. The van der Waals surface area contributed by atoms with Crippen molar-refractivity contribution in [3.8, 4) is 5.75 Å². The molecule has 1 atom stereocenters. The molecule has 1 heterocycles. The molecule has 1 aliphatic rings. The van der Waals surface area contributed by atoms with Gasteiger partial charge in [0.05, 0.1) is 18.4 Å². The van der Waals surface area contributed by atoms with Gasteiger partial charge in [0, 0.05) is 38.4 Å². The summed E-state index contributed by atoms with van der Waals surface area (Å²) >= 11 is 0. The Hall–Kier alpha value is -1.46. The summed E-state index contributed by atoms with van der Waals surface area (Å²) in [6, 6.07) is 5.72. The van der Waals surface area contributed by atoms with Gasteiger partial charge in [0.15, 0.2) is 0 Å². The van der Waals surface area contributed by atoms with Crippen molar-refractivity contribution in [3.63, 3.8) is 0 Å². The lowest BCUT2D eigenvalue weighted by molar-refractivity contribution is -0.00620. The van der Waals surface area contributed by atoms with Crippen molar-refractivity contribution in [1.29, 1.82) is 0 Å². The fourth-order valence-corrected chi connectivity index (χ4v) is 2.22. The van der Waals surface area contributed by atoms with Gasteiger partial charge in [0.25, 0.3) is 0 Å². The summed E-state index contributed by atoms with van der Waals surface area (Å²) in [5.41, 5.74) is 7.29. The molecule has 20 heavy (non-hydrogen) atoms. The summed E-state index contributed by atoms with van der Waals surface area (Å²) in [6.07, 6.45) is 1.00. The zero-order valence-electron chi connectivity index (χ0n) is 12.4. The van der Waals surface area contributed by atoms with E-state index in [1.54, 1.807) is 7.11 Å². The number of nitrogens with one attached hydrogen (secondary N) is 1. The van der Waals surface area contributed by atoms with Crippen LogP contribution in [-0.2, 0) is 9.47 Å². The number of rotatable bonds is 6. The standard InChI is InChI=1S/C15H24N2O3/c1-11(2)20-14-8-12(4-5-13(14)16)17-9-15(18-3)6-7-19-10-15/h4-5,8,11,17H,6-7,9-10,16H2,1-3H3. The molecular formula is C15H24N2O3. The van der Waals surface area contributed by atoms with E-state index in [0.29, 0.717) is 24.6 Å². The van der Waals surface area contributed by atoms with Gasteiger partial charge in [0.2, 0.25) is 0 Å². The molecule has 0 aliphatic carbocycles. The van der Waals surface area contributed by atoms with Gasteiger partial charge in [-0.15, -0.1) is 0 Å². The third kappa shape index (κ3) is 3.55. The van der Waals surface area contributed by atoms with E-state index in [9.17, 15) is 0 Å². The zero-order valence-corrected chi connectivity index (χ0v) is 12.4. The maximum atomic E-state index is 5.91. The number of ether oxygens (including phenoxy) is 3. The topological polar surface area (TPSA) is 65.7 Å². The normalized spacial score (nSPS) is 22.2. The third-order valence-electron chi connectivity index (χ3n) is 3.49. The Morgan fingerprint density at radius 2 is 2.25 bits per heavy atom. The molecule has 0 bridgehead atoms. The molecule has 2 rings (SSSR count). The molecule has 112 valence electrons. The second kappa shape index (κ2) is 6.33. The van der Waals surface area contributed by atoms with E-state index in [0.717, 1.165) is 18.7 Å². The van der Waals surface area contributed by atoms with Crippen molar-refractivity contribution >= 4 is 11.4 Å². The number of anilines is 2. The minimum Gasteiger partial charge on any atom is -0.489 e. The van der Waals surface area contributed by atoms with Crippen LogP contribution < -0.4 is 15.8 Å². The highest BCUT2D eigenvalue weighted by Gasteiger charge is 2.34. The fourth-order valence-electron chi connectivity index (χ4n) is 2.22. The van der Waals surface area contributed by atoms with E-state index < -0.39 is 0 Å². The van der Waals surface area contributed by atoms with Gasteiger partial charge < -0.3 is 25.3 Å². The number of nitrogens with two attached hydrogens (primary N) is 1. The molecule has 3 N–H and O–H groups in total. The minimum absolute atomic E-state index is 0.0982. The first kappa shape index (κ1) is 14.9. The molecule has 1 unspecified atom stereocenters. The lowest BCUT2D eigenvalue weighted by atomic mass is 10.0. The first-order valence-electron chi connectivity index (χ1n) is 6.98. The highest BCUT2D eigenvalue weighted by atomic mass is 16.5. The molecule has 0 saturated carbocycles. The number of nitrogen functional groups attached to an aromatic ring is 1. The molecule has 1 aromatic carbocycles. The van der Waals surface area contributed by atoms with E-state index in [1.165, 1.54) is 0 Å². The van der Waals surface area contributed by atoms with E-state index in [4.69, 9.17) is 19.9 Å². The van der Waals surface area contributed by atoms with Crippen LogP contribution >= 0.6 is 0 Å². The van der Waals surface area contributed by atoms with E-state index >= 15 is 0 Å². The van der Waals surface area contributed by atoms with Gasteiger partial charge in [0.1, 0.15) is 11.4 Å². The quantitative estimate of drug-likeness (QED) is 0.783. The number of benzene rings is 1. The fraction of sp³-hybridized carbons (Fsp3) is 0.600. The number of hydrogen-bond acceptors (Lipinski definition) is 5. The molecule has 1 saturated heterocycles. The van der Waals surface area contributed by atoms with E-state index in [-0.39, 0.29) is 11.7 Å². The van der Waals surface area contributed by atoms with Crippen molar-refractivity contribution < 1.29 is 14.2 Å². The third-order valence-corrected chi connectivity index (χ3v) is 3.49. The first-order chi connectivity index (χ1) is 9.54. The van der Waals surface area contributed by atoms with Gasteiger partial charge in [-0.05, 0) is 26.0 Å². The van der Waals surface area contributed by atoms with E-state index in [1.807, 2.05) is 32.0 Å². The Labute approximate surface area is 120 Å². The molecule has 0 radical (unpaired) electrons. The molecule has 0 spiro atoms. The summed E-state index contributed by atoms with van der Waals surface area (Å²) in [4.78, 5) is 0. The van der Waals surface area contributed by atoms with Gasteiger partial charge >= 0.3 is 0 Å². The van der Waals surface area contributed by atoms with Crippen molar-refractivity contribution in [1.82, 2.24) is 0 Å². The zero-order chi connectivity index (χ0) is 14.6. The summed E-state index contributed by atoms with van der Waals surface area (Å²) < 4.78 is 16.7. The van der Waals surface area contributed by atoms with Crippen LogP contribution in [0.4, 0.5) is 11.4 Å². The van der Waals surface area contributed by atoms with Crippen LogP contribution in [0.25, 0.3) is 0 Å². The van der Waals surface area contributed by atoms with Gasteiger partial charge in [-0.25, -0.2) is 0 Å². The van der Waals surface area contributed by atoms with Crippen molar-refractivity contribution in [3.05, 3.63) is 18.2 Å². The number of hydrogen-bond donors (Lipinski definition) is 2. The summed E-state index contributed by atoms with van der Waals surface area (Å²) in [6.45, 7) is 6.04. The SMILES string of the molecule is COC1(CNc2ccc(N)c(OC(C)C)c2)CCOC1. The van der Waals surface area contributed by atoms with E-state index in [2.05, 4.69) is 5.32 Å². The Bertz CT molecular complexity index is 443. The van der Waals surface area contributed by atoms with Crippen LogP contribution in [0.1, 0.15) is 20.3 Å². The van der Waals surface area contributed by atoms with Gasteiger partial charge in [-0.1, -0.05) is 0 Å². The van der Waals surface area contributed by atoms with Crippen LogP contribution in [0.2, 0.25) is 0 Å². The summed E-state index contributed by atoms with van der Waals surface area (Å²) in [7, 11) is 1.73. The van der Waals surface area contributed by atoms with Crippen LogP contribution in [0.15, 0.2) is 18.2 Å². The smallest absolute Gasteiger partial charge is 0.144 e. The Morgan fingerprint density at radius 1 is 1.45 bits per heavy atom. The van der Waals surface area contributed by atoms with Gasteiger partial charge in [-0.2, -0.15) is 0 Å². The maximum absolute atomic E-state index is 5.91. The number of methoxy groups -OCH3 is 1. The minimum atomic E-state index is -0.236. The molecule has 1 aromatic rings. The molecule has 5 heteroatoms. The Kier molecular flexibility index (Phi) is 4.73. The molecule has 1 fully saturated rings. The lowest BCUT2D eigenvalue weighted by Gasteiger charge is -2.26. The summed E-state index contributed by atoms with van der Waals surface area (Å²) in [5.74, 6) is 0.708. The largest absolute Gasteiger partial charge is 0.489 e. The average molecular weight is 280 g/mol. The van der Waals surface area contributed by atoms with Crippen LogP contribution in [0, 0.1) is 0 Å². The lowest BCUT2D eigenvalue weighted by Crippen LogP contribution is -2.39. The molecule has 0 amide bonds. The summed E-state index contributed by atoms with van der Waals surface area (Å²) in [5, 5.41) is 3.38. The van der Waals surface area contributed by atoms with Crippen LogP contribution in [0.3, 0.4) is 0 Å². The predicted molar refractivity (Wildman–Crippen MR) is 80.3 cm³/mol. The molecule has 5 nitrogen and oxygen atoms in total.